The molecule has 0 saturated heterocycles. The van der Waals surface area contributed by atoms with Crippen molar-refractivity contribution in [1.29, 1.82) is 0 Å². The highest BCUT2D eigenvalue weighted by Crippen LogP contribution is 2.28. The first-order valence-electron chi connectivity index (χ1n) is 7.68. The van der Waals surface area contributed by atoms with Crippen molar-refractivity contribution < 1.29 is 13.7 Å². The molecule has 1 atom stereocenters. The van der Waals surface area contributed by atoms with E-state index in [1.165, 1.54) is 0 Å². The number of hydrogen-bond acceptors (Lipinski definition) is 3. The molecule has 0 saturated carbocycles. The summed E-state index contributed by atoms with van der Waals surface area (Å²) in [6.45, 7) is 3.06. The minimum atomic E-state index is -1.01. The van der Waals surface area contributed by atoms with Crippen LogP contribution in [0.3, 0.4) is 0 Å². The molecule has 3 rings (SSSR count). The summed E-state index contributed by atoms with van der Waals surface area (Å²) in [5.41, 5.74) is 1.72. The zero-order chi connectivity index (χ0) is 16.2. The lowest BCUT2D eigenvalue weighted by atomic mass is 10.1. The molecule has 0 bridgehead atoms. The summed E-state index contributed by atoms with van der Waals surface area (Å²) in [4.78, 5) is 15.1. The average Bonchev–Trinajstić information content (AvgIpc) is 2.57. The first kappa shape index (κ1) is 15.7. The standard InChI is InChI=1S/C18H19NO3S/c1-2-22-15-9-7-14(8-10-15)13-18(20)19-11-12-23(21)17-6-4-3-5-16(17)19/h3-10H,2,11-13H2,1H3. The van der Waals surface area contributed by atoms with Crippen molar-refractivity contribution in [3.8, 4) is 5.75 Å². The fraction of sp³-hybridized carbons (Fsp3) is 0.278. The first-order valence-corrected chi connectivity index (χ1v) is 9.00. The lowest BCUT2D eigenvalue weighted by Gasteiger charge is -2.29. The monoisotopic (exact) mass is 329 g/mol. The highest BCUT2D eigenvalue weighted by atomic mass is 32.2. The largest absolute Gasteiger partial charge is 0.494 e. The SMILES string of the molecule is CCOc1ccc(CC(=O)N2CCS(=O)c3ccccc32)cc1. The summed E-state index contributed by atoms with van der Waals surface area (Å²) in [5, 5.41) is 0. The van der Waals surface area contributed by atoms with Crippen LogP contribution >= 0.6 is 0 Å². The molecular formula is C18H19NO3S. The van der Waals surface area contributed by atoms with Gasteiger partial charge in [-0.3, -0.25) is 9.00 Å². The van der Waals surface area contributed by atoms with Gasteiger partial charge in [-0.05, 0) is 36.8 Å². The van der Waals surface area contributed by atoms with Gasteiger partial charge in [-0.15, -0.1) is 0 Å². The molecule has 0 radical (unpaired) electrons. The molecular weight excluding hydrogens is 310 g/mol. The number of rotatable bonds is 4. The quantitative estimate of drug-likeness (QED) is 0.866. The van der Waals surface area contributed by atoms with E-state index >= 15 is 0 Å². The highest BCUT2D eigenvalue weighted by Gasteiger charge is 2.26. The molecule has 23 heavy (non-hydrogen) atoms. The fourth-order valence-electron chi connectivity index (χ4n) is 2.68. The third-order valence-corrected chi connectivity index (χ3v) is 5.18. The van der Waals surface area contributed by atoms with Crippen LogP contribution in [-0.2, 0) is 22.0 Å². The molecule has 2 aromatic rings. The number of hydrogen-bond donors (Lipinski definition) is 0. The molecule has 1 heterocycles. The molecule has 1 aliphatic rings. The van der Waals surface area contributed by atoms with Gasteiger partial charge in [0.25, 0.3) is 0 Å². The Morgan fingerprint density at radius 2 is 1.91 bits per heavy atom. The maximum Gasteiger partial charge on any atom is 0.231 e. The van der Waals surface area contributed by atoms with Gasteiger partial charge >= 0.3 is 0 Å². The Morgan fingerprint density at radius 1 is 1.17 bits per heavy atom. The van der Waals surface area contributed by atoms with Gasteiger partial charge in [0.05, 0.1) is 34.4 Å². The smallest absolute Gasteiger partial charge is 0.231 e. The lowest BCUT2D eigenvalue weighted by Crippen LogP contribution is -2.39. The third-order valence-electron chi connectivity index (χ3n) is 3.79. The van der Waals surface area contributed by atoms with Gasteiger partial charge in [0.2, 0.25) is 5.91 Å². The molecule has 120 valence electrons. The van der Waals surface area contributed by atoms with Crippen molar-refractivity contribution >= 4 is 22.4 Å². The van der Waals surface area contributed by atoms with E-state index in [1.807, 2.05) is 55.5 Å². The summed E-state index contributed by atoms with van der Waals surface area (Å²) < 4.78 is 17.5. The summed E-state index contributed by atoms with van der Waals surface area (Å²) in [6, 6.07) is 15.0. The lowest BCUT2D eigenvalue weighted by molar-refractivity contribution is -0.118. The van der Waals surface area contributed by atoms with Crippen molar-refractivity contribution in [2.75, 3.05) is 23.8 Å². The van der Waals surface area contributed by atoms with Crippen LogP contribution in [0.5, 0.6) is 5.75 Å². The predicted octanol–water partition coefficient (Wildman–Crippen LogP) is 2.78. The third kappa shape index (κ3) is 3.45. The minimum Gasteiger partial charge on any atom is -0.494 e. The molecule has 0 aliphatic carbocycles. The second kappa shape index (κ2) is 6.96. The number of anilines is 1. The molecule has 0 aromatic heterocycles. The van der Waals surface area contributed by atoms with E-state index in [2.05, 4.69) is 0 Å². The number of ether oxygens (including phenoxy) is 1. The zero-order valence-corrected chi connectivity index (χ0v) is 13.8. The Labute approximate surface area is 138 Å². The Bertz CT molecular complexity index is 727. The fourth-order valence-corrected chi connectivity index (χ4v) is 3.89. The zero-order valence-electron chi connectivity index (χ0n) is 13.0. The second-order valence-corrected chi connectivity index (χ2v) is 6.86. The summed E-state index contributed by atoms with van der Waals surface area (Å²) >= 11 is 0. The molecule has 4 nitrogen and oxygen atoms in total. The van der Waals surface area contributed by atoms with Crippen LogP contribution in [-0.4, -0.2) is 29.0 Å². The van der Waals surface area contributed by atoms with E-state index in [0.717, 1.165) is 21.9 Å². The first-order chi connectivity index (χ1) is 11.2. The Morgan fingerprint density at radius 3 is 2.65 bits per heavy atom. The number of amides is 1. The van der Waals surface area contributed by atoms with Crippen molar-refractivity contribution in [2.24, 2.45) is 0 Å². The molecule has 5 heteroatoms. The summed E-state index contributed by atoms with van der Waals surface area (Å²) in [5.74, 6) is 1.33. The summed E-state index contributed by atoms with van der Waals surface area (Å²) in [6.07, 6.45) is 0.327. The maximum atomic E-state index is 12.6. The van der Waals surface area contributed by atoms with E-state index in [9.17, 15) is 9.00 Å². The molecule has 0 spiro atoms. The van der Waals surface area contributed by atoms with Crippen LogP contribution in [0.1, 0.15) is 12.5 Å². The van der Waals surface area contributed by atoms with Crippen molar-refractivity contribution in [3.05, 3.63) is 54.1 Å². The summed E-state index contributed by atoms with van der Waals surface area (Å²) in [7, 11) is -1.01. The molecule has 0 N–H and O–H groups in total. The van der Waals surface area contributed by atoms with E-state index in [0.29, 0.717) is 25.3 Å². The van der Waals surface area contributed by atoms with Gasteiger partial charge in [-0.25, -0.2) is 0 Å². The van der Waals surface area contributed by atoms with Gasteiger partial charge in [0, 0.05) is 12.3 Å². The van der Waals surface area contributed by atoms with Crippen LogP contribution in [0, 0.1) is 0 Å². The molecule has 1 aliphatic heterocycles. The number of nitrogens with zero attached hydrogens (tertiary/aromatic N) is 1. The molecule has 1 unspecified atom stereocenters. The van der Waals surface area contributed by atoms with E-state index in [4.69, 9.17) is 4.74 Å². The maximum absolute atomic E-state index is 12.6. The predicted molar refractivity (Wildman–Crippen MR) is 91.4 cm³/mol. The van der Waals surface area contributed by atoms with E-state index < -0.39 is 10.8 Å². The van der Waals surface area contributed by atoms with E-state index in [-0.39, 0.29) is 5.91 Å². The van der Waals surface area contributed by atoms with E-state index in [1.54, 1.807) is 4.90 Å². The number of carbonyl (C=O) groups is 1. The average molecular weight is 329 g/mol. The van der Waals surface area contributed by atoms with Crippen LogP contribution in [0.25, 0.3) is 0 Å². The number of carbonyl (C=O) groups excluding carboxylic acids is 1. The van der Waals surface area contributed by atoms with Gasteiger partial charge < -0.3 is 9.64 Å². The van der Waals surface area contributed by atoms with Gasteiger partial charge in [0.1, 0.15) is 5.75 Å². The van der Waals surface area contributed by atoms with Crippen LogP contribution in [0.2, 0.25) is 0 Å². The van der Waals surface area contributed by atoms with Gasteiger partial charge in [-0.1, -0.05) is 24.3 Å². The Balaban J connectivity index is 1.76. The van der Waals surface area contributed by atoms with Crippen molar-refractivity contribution in [1.82, 2.24) is 0 Å². The van der Waals surface area contributed by atoms with Gasteiger partial charge in [0.15, 0.2) is 0 Å². The topological polar surface area (TPSA) is 46.6 Å². The van der Waals surface area contributed by atoms with Crippen molar-refractivity contribution in [2.45, 2.75) is 18.2 Å². The van der Waals surface area contributed by atoms with Crippen LogP contribution < -0.4 is 9.64 Å². The molecule has 1 amide bonds. The minimum absolute atomic E-state index is 0.0262. The molecule has 0 fully saturated rings. The number of fused-ring (bicyclic) bond motifs is 1. The van der Waals surface area contributed by atoms with Crippen LogP contribution in [0.15, 0.2) is 53.4 Å². The highest BCUT2D eigenvalue weighted by molar-refractivity contribution is 7.85. The van der Waals surface area contributed by atoms with Gasteiger partial charge in [-0.2, -0.15) is 0 Å². The van der Waals surface area contributed by atoms with Crippen LogP contribution in [0.4, 0.5) is 5.69 Å². The molecule has 2 aromatic carbocycles. The van der Waals surface area contributed by atoms with Crippen molar-refractivity contribution in [3.63, 3.8) is 0 Å². The Hall–Kier alpha value is -2.14. The second-order valence-electron chi connectivity index (χ2n) is 5.32. The number of benzene rings is 2. The number of para-hydroxylation sites is 1. The Kier molecular flexibility index (Phi) is 4.76. The normalized spacial score (nSPS) is 16.7.